The number of carbonyl (C=O) groups excluding carboxylic acids is 1. The van der Waals surface area contributed by atoms with Crippen LogP contribution in [0.2, 0.25) is 0 Å². The van der Waals surface area contributed by atoms with Crippen molar-refractivity contribution in [1.82, 2.24) is 4.90 Å². The number of Topliss-reactive ketones (excluding diaryl/α,β-unsaturated/α-hetero) is 1. The first-order valence-corrected chi connectivity index (χ1v) is 12.3. The Morgan fingerprint density at radius 1 is 1.09 bits per heavy atom. The van der Waals surface area contributed by atoms with E-state index in [1.54, 1.807) is 7.11 Å². The maximum atomic E-state index is 13.3. The van der Waals surface area contributed by atoms with Gasteiger partial charge in [-0.15, -0.1) is 0 Å². The average molecular weight is 456 g/mol. The van der Waals surface area contributed by atoms with Crippen LogP contribution in [-0.2, 0) is 28.0 Å². The number of ketones is 1. The van der Waals surface area contributed by atoms with Gasteiger partial charge >= 0.3 is 0 Å². The summed E-state index contributed by atoms with van der Waals surface area (Å²) < 4.78 is 19.3. The van der Waals surface area contributed by atoms with Crippen molar-refractivity contribution in [3.05, 3.63) is 71.3 Å². The fraction of sp³-hybridized carbons (Fsp3) is 0.414. The SMILES string of the molecule is COc1ccc2c3c1OC1C(=O)CC[C@@]4(OCc5ccc6ccccc6c5)[C@@H](C2)N(C)CC[C@]314. The lowest BCUT2D eigenvalue weighted by molar-refractivity contribution is -0.215. The number of hydrogen-bond donors (Lipinski definition) is 0. The minimum absolute atomic E-state index is 0.194. The second kappa shape index (κ2) is 7.06. The molecule has 0 amide bonds. The van der Waals surface area contributed by atoms with E-state index in [4.69, 9.17) is 14.2 Å². The van der Waals surface area contributed by atoms with Crippen LogP contribution in [0.4, 0.5) is 0 Å². The van der Waals surface area contributed by atoms with Crippen molar-refractivity contribution in [2.24, 2.45) is 0 Å². The highest BCUT2D eigenvalue weighted by Gasteiger charge is 2.74. The molecule has 1 saturated heterocycles. The molecule has 0 radical (unpaired) electrons. The van der Waals surface area contributed by atoms with E-state index in [1.807, 2.05) is 6.07 Å². The maximum Gasteiger partial charge on any atom is 0.174 e. The summed E-state index contributed by atoms with van der Waals surface area (Å²) in [6.45, 7) is 1.45. The van der Waals surface area contributed by atoms with E-state index < -0.39 is 17.1 Å². The third-order valence-corrected chi connectivity index (χ3v) is 9.00. The van der Waals surface area contributed by atoms with Gasteiger partial charge in [-0.3, -0.25) is 4.79 Å². The molecule has 3 aromatic carbocycles. The molecule has 2 fully saturated rings. The minimum Gasteiger partial charge on any atom is -0.493 e. The molecule has 0 aromatic heterocycles. The van der Waals surface area contributed by atoms with Gasteiger partial charge in [0.1, 0.15) is 0 Å². The fourth-order valence-electron chi connectivity index (χ4n) is 7.49. The summed E-state index contributed by atoms with van der Waals surface area (Å²) in [5, 5.41) is 2.45. The Labute approximate surface area is 199 Å². The minimum atomic E-state index is -0.501. The van der Waals surface area contributed by atoms with E-state index in [0.29, 0.717) is 13.0 Å². The van der Waals surface area contributed by atoms with Gasteiger partial charge in [0.15, 0.2) is 23.4 Å². The number of rotatable bonds is 4. The van der Waals surface area contributed by atoms with Crippen LogP contribution in [0.3, 0.4) is 0 Å². The van der Waals surface area contributed by atoms with Gasteiger partial charge < -0.3 is 19.1 Å². The number of likely N-dealkylation sites (tertiary alicyclic amines) is 1. The zero-order valence-electron chi connectivity index (χ0n) is 19.7. The first kappa shape index (κ1) is 20.5. The summed E-state index contributed by atoms with van der Waals surface area (Å²) in [4.78, 5) is 15.8. The molecule has 7 rings (SSSR count). The molecule has 4 aliphatic rings. The predicted octanol–water partition coefficient (Wildman–Crippen LogP) is 4.43. The second-order valence-corrected chi connectivity index (χ2v) is 10.4. The van der Waals surface area contributed by atoms with Crippen molar-refractivity contribution in [3.8, 4) is 11.5 Å². The molecular weight excluding hydrogens is 426 g/mol. The lowest BCUT2D eigenvalue weighted by Crippen LogP contribution is -2.76. The fourth-order valence-corrected chi connectivity index (χ4v) is 7.49. The number of fused-ring (bicyclic) bond motifs is 1. The van der Waals surface area contributed by atoms with Gasteiger partial charge in [0.2, 0.25) is 0 Å². The normalized spacial score (nSPS) is 31.3. The lowest BCUT2D eigenvalue weighted by Gasteiger charge is -2.64. The number of ether oxygens (including phenoxy) is 3. The molecule has 2 bridgehead atoms. The monoisotopic (exact) mass is 455 g/mol. The van der Waals surface area contributed by atoms with E-state index in [-0.39, 0.29) is 11.8 Å². The van der Waals surface area contributed by atoms with E-state index in [0.717, 1.165) is 42.9 Å². The Morgan fingerprint density at radius 2 is 1.94 bits per heavy atom. The smallest absolute Gasteiger partial charge is 0.174 e. The molecule has 2 aliphatic heterocycles. The average Bonchev–Trinajstić information content (AvgIpc) is 3.22. The van der Waals surface area contributed by atoms with E-state index in [1.165, 1.54) is 21.9 Å². The van der Waals surface area contributed by atoms with Gasteiger partial charge in [-0.2, -0.15) is 0 Å². The summed E-state index contributed by atoms with van der Waals surface area (Å²) in [6.07, 6.45) is 2.46. The van der Waals surface area contributed by atoms with Gasteiger partial charge in [0.05, 0.1) is 24.7 Å². The Hall–Kier alpha value is -2.89. The van der Waals surface area contributed by atoms with Crippen molar-refractivity contribution in [1.29, 1.82) is 0 Å². The van der Waals surface area contributed by atoms with E-state index in [9.17, 15) is 4.79 Å². The summed E-state index contributed by atoms with van der Waals surface area (Å²) in [5.74, 6) is 1.68. The Bertz CT molecular complexity index is 1330. The maximum absolute atomic E-state index is 13.3. The molecule has 4 atom stereocenters. The summed E-state index contributed by atoms with van der Waals surface area (Å²) in [7, 11) is 3.88. The van der Waals surface area contributed by atoms with Gasteiger partial charge in [0, 0.05) is 18.0 Å². The molecule has 5 heteroatoms. The highest BCUT2D eigenvalue weighted by Crippen LogP contribution is 2.66. The molecule has 1 saturated carbocycles. The van der Waals surface area contributed by atoms with Crippen molar-refractivity contribution in [3.63, 3.8) is 0 Å². The van der Waals surface area contributed by atoms with Crippen LogP contribution in [0.5, 0.6) is 11.5 Å². The molecule has 1 unspecified atom stereocenters. The molecule has 3 aromatic rings. The van der Waals surface area contributed by atoms with Crippen molar-refractivity contribution < 1.29 is 19.0 Å². The lowest BCUT2D eigenvalue weighted by atomic mass is 9.49. The summed E-state index contributed by atoms with van der Waals surface area (Å²) in [6, 6.07) is 19.3. The highest BCUT2D eigenvalue weighted by atomic mass is 16.5. The Balaban J connectivity index is 1.37. The van der Waals surface area contributed by atoms with Crippen LogP contribution in [0.1, 0.15) is 36.0 Å². The Morgan fingerprint density at radius 3 is 2.79 bits per heavy atom. The summed E-state index contributed by atoms with van der Waals surface area (Å²) in [5.41, 5.74) is 2.67. The number of carbonyl (C=O) groups is 1. The number of methoxy groups -OCH3 is 1. The van der Waals surface area contributed by atoms with Crippen LogP contribution >= 0.6 is 0 Å². The van der Waals surface area contributed by atoms with Gasteiger partial charge in [-0.05, 0) is 66.9 Å². The third-order valence-electron chi connectivity index (χ3n) is 9.00. The first-order chi connectivity index (χ1) is 16.6. The van der Waals surface area contributed by atoms with E-state index >= 15 is 0 Å². The molecule has 2 aliphatic carbocycles. The standard InChI is InChI=1S/C29H29NO4/c1-30-14-13-28-25-21-9-10-23(32-2)26(25)34-27(28)22(31)11-12-29(28,24(30)16-21)33-17-18-7-8-19-5-3-4-6-20(19)15-18/h3-10,15,24,27H,11-14,16-17H2,1-2H3/t24-,27?,28+,29-/m1/s1. The van der Waals surface area contributed by atoms with Gasteiger partial charge in [-0.1, -0.05) is 42.5 Å². The molecular formula is C29H29NO4. The van der Waals surface area contributed by atoms with Crippen molar-refractivity contribution in [2.75, 3.05) is 20.7 Å². The molecule has 0 N–H and O–H groups in total. The van der Waals surface area contributed by atoms with Crippen LogP contribution in [0, 0.1) is 0 Å². The first-order valence-electron chi connectivity index (χ1n) is 12.3. The molecule has 1 spiro atoms. The van der Waals surface area contributed by atoms with Crippen LogP contribution in [0.25, 0.3) is 10.8 Å². The van der Waals surface area contributed by atoms with Crippen molar-refractivity contribution in [2.45, 2.75) is 55.5 Å². The zero-order valence-corrected chi connectivity index (χ0v) is 19.7. The second-order valence-electron chi connectivity index (χ2n) is 10.4. The van der Waals surface area contributed by atoms with Crippen molar-refractivity contribution >= 4 is 16.6 Å². The highest BCUT2D eigenvalue weighted by molar-refractivity contribution is 5.90. The molecule has 2 heterocycles. The van der Waals surface area contributed by atoms with E-state index in [2.05, 4.69) is 60.5 Å². The van der Waals surface area contributed by atoms with Gasteiger partial charge in [-0.25, -0.2) is 0 Å². The van der Waals surface area contributed by atoms with Crippen LogP contribution in [-0.4, -0.2) is 49.1 Å². The third kappa shape index (κ3) is 2.44. The molecule has 34 heavy (non-hydrogen) atoms. The van der Waals surface area contributed by atoms with Gasteiger partial charge in [0.25, 0.3) is 0 Å². The van der Waals surface area contributed by atoms with Crippen LogP contribution < -0.4 is 9.47 Å². The number of benzene rings is 3. The molecule has 5 nitrogen and oxygen atoms in total. The quantitative estimate of drug-likeness (QED) is 0.583. The number of nitrogens with zero attached hydrogens (tertiary/aromatic N) is 1. The topological polar surface area (TPSA) is 48.0 Å². The number of hydrogen-bond acceptors (Lipinski definition) is 5. The number of likely N-dealkylation sites (N-methyl/N-ethyl adjacent to an activating group) is 1. The number of piperidine rings is 1. The van der Waals surface area contributed by atoms with Crippen LogP contribution in [0.15, 0.2) is 54.6 Å². The zero-order chi connectivity index (χ0) is 23.1. The summed E-state index contributed by atoms with van der Waals surface area (Å²) >= 11 is 0. The Kier molecular flexibility index (Phi) is 4.25. The predicted molar refractivity (Wildman–Crippen MR) is 130 cm³/mol. The largest absolute Gasteiger partial charge is 0.493 e. The molecule has 174 valence electrons.